The van der Waals surface area contributed by atoms with Gasteiger partial charge in [0.15, 0.2) is 22.9 Å². The standard InChI is InChI=1S/C13H10N6O/c14-12-11-13(16-5-15-12)19(6-17-11)8-1-2-9-7(3-8)4-10(20)18-9/h1-6,18,20H,(H2,14,15,16). The van der Waals surface area contributed by atoms with E-state index in [2.05, 4.69) is 19.9 Å². The number of fused-ring (bicyclic) bond motifs is 2. The molecule has 0 aliphatic carbocycles. The van der Waals surface area contributed by atoms with Gasteiger partial charge in [-0.2, -0.15) is 0 Å². The Morgan fingerprint density at radius 2 is 2.05 bits per heavy atom. The van der Waals surface area contributed by atoms with Gasteiger partial charge in [-0.3, -0.25) is 4.57 Å². The minimum atomic E-state index is 0.138. The Morgan fingerprint density at radius 3 is 2.95 bits per heavy atom. The van der Waals surface area contributed by atoms with Gasteiger partial charge in [0, 0.05) is 22.7 Å². The number of benzene rings is 1. The summed E-state index contributed by atoms with van der Waals surface area (Å²) in [5.74, 6) is 0.494. The fourth-order valence-electron chi connectivity index (χ4n) is 2.30. The zero-order chi connectivity index (χ0) is 13.7. The van der Waals surface area contributed by atoms with Crippen LogP contribution in [0.5, 0.6) is 5.88 Å². The molecule has 3 aromatic heterocycles. The number of aromatic nitrogens is 5. The molecule has 0 fully saturated rings. The minimum Gasteiger partial charge on any atom is -0.495 e. The largest absolute Gasteiger partial charge is 0.495 e. The van der Waals surface area contributed by atoms with Crippen LogP contribution in [0.3, 0.4) is 0 Å². The zero-order valence-electron chi connectivity index (χ0n) is 10.3. The molecule has 4 N–H and O–H groups in total. The average molecular weight is 266 g/mol. The van der Waals surface area contributed by atoms with Crippen molar-refractivity contribution in [3.63, 3.8) is 0 Å². The van der Waals surface area contributed by atoms with E-state index in [1.807, 2.05) is 22.8 Å². The molecule has 0 unspecified atom stereocenters. The van der Waals surface area contributed by atoms with E-state index in [1.165, 1.54) is 6.33 Å². The van der Waals surface area contributed by atoms with Gasteiger partial charge in [-0.05, 0) is 18.2 Å². The quantitative estimate of drug-likeness (QED) is 0.485. The Kier molecular flexibility index (Phi) is 2.00. The highest BCUT2D eigenvalue weighted by Crippen LogP contribution is 2.24. The second kappa shape index (κ2) is 3.70. The van der Waals surface area contributed by atoms with E-state index < -0.39 is 0 Å². The number of nitrogens with two attached hydrogens (primary N) is 1. The molecule has 98 valence electrons. The minimum absolute atomic E-state index is 0.138. The Bertz CT molecular complexity index is 938. The molecule has 0 aliphatic heterocycles. The van der Waals surface area contributed by atoms with E-state index in [0.29, 0.717) is 17.0 Å². The first-order chi connectivity index (χ1) is 9.72. The number of rotatable bonds is 1. The summed E-state index contributed by atoms with van der Waals surface area (Å²) >= 11 is 0. The highest BCUT2D eigenvalue weighted by Gasteiger charge is 2.10. The average Bonchev–Trinajstić information content (AvgIpc) is 3.00. The second-order valence-electron chi connectivity index (χ2n) is 4.47. The lowest BCUT2D eigenvalue weighted by Crippen LogP contribution is -1.96. The van der Waals surface area contributed by atoms with Crippen molar-refractivity contribution in [1.29, 1.82) is 0 Å². The Morgan fingerprint density at radius 1 is 1.15 bits per heavy atom. The summed E-state index contributed by atoms with van der Waals surface area (Å²) in [5.41, 5.74) is 8.75. The first-order valence-corrected chi connectivity index (χ1v) is 5.98. The van der Waals surface area contributed by atoms with Crippen LogP contribution < -0.4 is 5.73 Å². The number of hydrogen-bond acceptors (Lipinski definition) is 5. The van der Waals surface area contributed by atoms with Gasteiger partial charge in [-0.1, -0.05) is 0 Å². The maximum atomic E-state index is 9.47. The van der Waals surface area contributed by atoms with Gasteiger partial charge in [0.05, 0.1) is 0 Å². The van der Waals surface area contributed by atoms with E-state index in [0.717, 1.165) is 16.6 Å². The molecule has 0 spiro atoms. The monoisotopic (exact) mass is 266 g/mol. The highest BCUT2D eigenvalue weighted by molar-refractivity contribution is 5.86. The third kappa shape index (κ3) is 1.43. The lowest BCUT2D eigenvalue weighted by molar-refractivity contribution is 0.458. The van der Waals surface area contributed by atoms with Gasteiger partial charge in [0.2, 0.25) is 0 Å². The number of nitrogen functional groups attached to an aromatic ring is 1. The number of H-pyrrole nitrogens is 1. The molecule has 1 aromatic carbocycles. The molecular formula is C13H10N6O. The van der Waals surface area contributed by atoms with Crippen molar-refractivity contribution >= 4 is 27.9 Å². The number of hydrogen-bond donors (Lipinski definition) is 3. The maximum absolute atomic E-state index is 9.47. The summed E-state index contributed by atoms with van der Waals surface area (Å²) in [6, 6.07) is 7.41. The molecule has 0 bridgehead atoms. The molecule has 0 radical (unpaired) electrons. The summed E-state index contributed by atoms with van der Waals surface area (Å²) in [7, 11) is 0. The molecule has 3 heterocycles. The molecule has 4 aromatic rings. The summed E-state index contributed by atoms with van der Waals surface area (Å²) in [4.78, 5) is 15.2. The Balaban J connectivity index is 1.98. The molecule has 0 saturated carbocycles. The third-order valence-corrected chi connectivity index (χ3v) is 3.23. The third-order valence-electron chi connectivity index (χ3n) is 3.23. The van der Waals surface area contributed by atoms with Crippen molar-refractivity contribution in [1.82, 2.24) is 24.5 Å². The summed E-state index contributed by atoms with van der Waals surface area (Å²) in [5, 5.41) is 10.4. The normalized spacial score (nSPS) is 11.4. The molecule has 20 heavy (non-hydrogen) atoms. The highest BCUT2D eigenvalue weighted by atomic mass is 16.3. The van der Waals surface area contributed by atoms with E-state index in [1.54, 1.807) is 12.4 Å². The summed E-state index contributed by atoms with van der Waals surface area (Å²) in [6.07, 6.45) is 3.07. The lowest BCUT2D eigenvalue weighted by Gasteiger charge is -2.03. The van der Waals surface area contributed by atoms with E-state index in [9.17, 15) is 5.11 Å². The summed E-state index contributed by atoms with van der Waals surface area (Å²) < 4.78 is 1.83. The van der Waals surface area contributed by atoms with E-state index in [4.69, 9.17) is 5.73 Å². The molecule has 4 rings (SSSR count). The van der Waals surface area contributed by atoms with Crippen molar-refractivity contribution in [2.24, 2.45) is 0 Å². The van der Waals surface area contributed by atoms with Crippen LogP contribution in [0.25, 0.3) is 27.8 Å². The first kappa shape index (κ1) is 10.8. The Labute approximate surface area is 112 Å². The number of imidazole rings is 1. The number of aromatic amines is 1. The number of nitrogens with one attached hydrogen (secondary N) is 1. The van der Waals surface area contributed by atoms with Gasteiger partial charge in [-0.15, -0.1) is 0 Å². The van der Waals surface area contributed by atoms with Crippen LogP contribution in [-0.4, -0.2) is 29.6 Å². The van der Waals surface area contributed by atoms with Crippen molar-refractivity contribution in [3.05, 3.63) is 36.9 Å². The van der Waals surface area contributed by atoms with Gasteiger partial charge in [0.1, 0.15) is 12.7 Å². The molecule has 7 heteroatoms. The molecule has 0 aliphatic rings. The van der Waals surface area contributed by atoms with Gasteiger partial charge in [-0.25, -0.2) is 15.0 Å². The number of nitrogens with zero attached hydrogens (tertiary/aromatic N) is 4. The van der Waals surface area contributed by atoms with Crippen LogP contribution in [0, 0.1) is 0 Å². The molecule has 0 amide bonds. The summed E-state index contributed by atoms with van der Waals surface area (Å²) in [6.45, 7) is 0. The van der Waals surface area contributed by atoms with Crippen LogP contribution in [0.2, 0.25) is 0 Å². The zero-order valence-corrected chi connectivity index (χ0v) is 10.3. The fraction of sp³-hybridized carbons (Fsp3) is 0. The van der Waals surface area contributed by atoms with Gasteiger partial charge in [0.25, 0.3) is 0 Å². The van der Waals surface area contributed by atoms with E-state index in [-0.39, 0.29) is 5.88 Å². The number of anilines is 1. The van der Waals surface area contributed by atoms with Crippen LogP contribution >= 0.6 is 0 Å². The van der Waals surface area contributed by atoms with Crippen molar-refractivity contribution < 1.29 is 5.11 Å². The van der Waals surface area contributed by atoms with Crippen LogP contribution in [0.15, 0.2) is 36.9 Å². The molecule has 0 atom stereocenters. The van der Waals surface area contributed by atoms with Crippen molar-refractivity contribution in [2.75, 3.05) is 5.73 Å². The smallest absolute Gasteiger partial charge is 0.189 e. The SMILES string of the molecule is Nc1ncnc2c1ncn2-c1ccc2[nH]c(O)cc2c1. The molecule has 7 nitrogen and oxygen atoms in total. The first-order valence-electron chi connectivity index (χ1n) is 5.98. The maximum Gasteiger partial charge on any atom is 0.189 e. The topological polar surface area (TPSA) is 106 Å². The second-order valence-corrected chi connectivity index (χ2v) is 4.47. The van der Waals surface area contributed by atoms with Crippen LogP contribution in [0.1, 0.15) is 0 Å². The lowest BCUT2D eigenvalue weighted by atomic mass is 10.2. The molecule has 0 saturated heterocycles. The van der Waals surface area contributed by atoms with E-state index >= 15 is 0 Å². The number of aromatic hydroxyl groups is 1. The Hall–Kier alpha value is -3.09. The predicted octanol–water partition coefficient (Wildman–Crippen LogP) is 1.58. The van der Waals surface area contributed by atoms with Crippen LogP contribution in [0.4, 0.5) is 5.82 Å². The molecular weight excluding hydrogens is 256 g/mol. The van der Waals surface area contributed by atoms with Crippen LogP contribution in [-0.2, 0) is 0 Å². The van der Waals surface area contributed by atoms with Crippen molar-refractivity contribution in [3.8, 4) is 11.6 Å². The van der Waals surface area contributed by atoms with Gasteiger partial charge < -0.3 is 15.8 Å². The fourth-order valence-corrected chi connectivity index (χ4v) is 2.30. The van der Waals surface area contributed by atoms with Gasteiger partial charge >= 0.3 is 0 Å². The van der Waals surface area contributed by atoms with Crippen molar-refractivity contribution in [2.45, 2.75) is 0 Å². The predicted molar refractivity (Wildman–Crippen MR) is 74.6 cm³/mol.